The molecule has 6 heteroatoms. The number of H-pyrrole nitrogens is 1. The van der Waals surface area contributed by atoms with Gasteiger partial charge in [-0.3, -0.25) is 9.78 Å². The number of nitrogens with one attached hydrogen (secondary N) is 1. The Labute approximate surface area is 202 Å². The monoisotopic (exact) mass is 462 g/mol. The second-order valence-corrected chi connectivity index (χ2v) is 10.6. The van der Waals surface area contributed by atoms with Crippen LogP contribution in [0.3, 0.4) is 0 Å². The van der Waals surface area contributed by atoms with Crippen LogP contribution in [0.25, 0.3) is 22.3 Å². The van der Waals surface area contributed by atoms with E-state index in [-0.39, 0.29) is 5.56 Å². The quantitative estimate of drug-likeness (QED) is 0.591. The molecule has 1 N–H and O–H groups in total. The average Bonchev–Trinajstić information content (AvgIpc) is 3.24. The summed E-state index contributed by atoms with van der Waals surface area (Å²) in [6.07, 6.45) is 6.64. The van der Waals surface area contributed by atoms with Crippen molar-refractivity contribution in [2.45, 2.75) is 71.3 Å². The molecule has 3 aromatic heterocycles. The van der Waals surface area contributed by atoms with Crippen molar-refractivity contribution in [3.63, 3.8) is 0 Å². The molecule has 2 aliphatic heterocycles. The van der Waals surface area contributed by atoms with E-state index in [0.29, 0.717) is 17.9 Å². The van der Waals surface area contributed by atoms with Gasteiger partial charge in [0.1, 0.15) is 0 Å². The highest BCUT2D eigenvalue weighted by atomic mass is 16.5. The lowest BCUT2D eigenvalue weighted by molar-refractivity contribution is 0.0250. The van der Waals surface area contributed by atoms with Gasteiger partial charge in [0.15, 0.2) is 0 Å². The Morgan fingerprint density at radius 1 is 1.06 bits per heavy atom. The van der Waals surface area contributed by atoms with Crippen molar-refractivity contribution in [2.24, 2.45) is 7.05 Å². The van der Waals surface area contributed by atoms with Crippen molar-refractivity contribution in [3.8, 4) is 11.3 Å². The molecule has 2 aliphatic rings. The fourth-order valence-corrected chi connectivity index (χ4v) is 5.94. The fourth-order valence-electron chi connectivity index (χ4n) is 5.94. The third-order valence-electron chi connectivity index (χ3n) is 8.13. The lowest BCUT2D eigenvalue weighted by Gasteiger charge is -2.39. The third-order valence-corrected chi connectivity index (χ3v) is 8.13. The summed E-state index contributed by atoms with van der Waals surface area (Å²) in [5.41, 5.74) is 8.73. The number of aromatic amines is 1. The minimum absolute atomic E-state index is 0.0657. The maximum atomic E-state index is 12.4. The molecular formula is C28H38N4O2. The first-order chi connectivity index (χ1) is 16.3. The lowest BCUT2D eigenvalue weighted by atomic mass is 9.90. The summed E-state index contributed by atoms with van der Waals surface area (Å²) in [4.78, 5) is 24.0. The van der Waals surface area contributed by atoms with E-state index in [4.69, 9.17) is 9.72 Å². The lowest BCUT2D eigenvalue weighted by Crippen LogP contribution is -2.43. The van der Waals surface area contributed by atoms with Gasteiger partial charge in [-0.25, -0.2) is 0 Å². The molecule has 0 bridgehead atoms. The van der Waals surface area contributed by atoms with Crippen molar-refractivity contribution in [1.82, 2.24) is 19.4 Å². The number of piperidine rings is 1. The minimum atomic E-state index is 0.0657. The van der Waals surface area contributed by atoms with Gasteiger partial charge < -0.3 is 19.2 Å². The maximum Gasteiger partial charge on any atom is 0.253 e. The standard InChI is InChI=1S/C28H38N4O2/c1-17(2)25-26(22-16-31(5)28(33)19(4)18(22)3)30-24-7-6-23(29-27(24)25)20-8-12-32(13-9-20)21-10-14-34-15-11-21/h6-7,16-17,20-21,30H,8-15H2,1-5H3. The fraction of sp³-hybridized carbons (Fsp3) is 0.571. The van der Waals surface area contributed by atoms with Crippen LogP contribution in [-0.2, 0) is 11.8 Å². The number of ether oxygens (including phenoxy) is 1. The molecule has 0 aliphatic carbocycles. The van der Waals surface area contributed by atoms with E-state index in [0.717, 1.165) is 59.7 Å². The van der Waals surface area contributed by atoms with Crippen molar-refractivity contribution in [2.75, 3.05) is 26.3 Å². The van der Waals surface area contributed by atoms with Crippen LogP contribution in [-0.4, -0.2) is 51.8 Å². The summed E-state index contributed by atoms with van der Waals surface area (Å²) in [6.45, 7) is 12.6. The van der Waals surface area contributed by atoms with E-state index in [1.54, 1.807) is 4.57 Å². The second-order valence-electron chi connectivity index (χ2n) is 10.6. The molecule has 6 nitrogen and oxygen atoms in total. The molecule has 2 saturated heterocycles. The van der Waals surface area contributed by atoms with Crippen LogP contribution in [0.2, 0.25) is 0 Å². The Morgan fingerprint density at radius 2 is 1.76 bits per heavy atom. The maximum absolute atomic E-state index is 12.4. The zero-order valence-electron chi connectivity index (χ0n) is 21.3. The number of pyridine rings is 2. The molecule has 182 valence electrons. The third kappa shape index (κ3) is 4.11. The zero-order chi connectivity index (χ0) is 24.0. The van der Waals surface area contributed by atoms with Crippen LogP contribution in [0.15, 0.2) is 23.1 Å². The van der Waals surface area contributed by atoms with Crippen LogP contribution in [0, 0.1) is 13.8 Å². The summed E-state index contributed by atoms with van der Waals surface area (Å²) < 4.78 is 7.25. The first-order valence-corrected chi connectivity index (χ1v) is 12.9. The number of aryl methyl sites for hydroxylation is 1. The average molecular weight is 463 g/mol. The van der Waals surface area contributed by atoms with E-state index in [1.807, 2.05) is 27.1 Å². The van der Waals surface area contributed by atoms with Crippen LogP contribution < -0.4 is 5.56 Å². The molecule has 0 aromatic carbocycles. The first kappa shape index (κ1) is 23.3. The van der Waals surface area contributed by atoms with E-state index in [2.05, 4.69) is 35.9 Å². The Morgan fingerprint density at radius 3 is 2.44 bits per heavy atom. The molecule has 3 aromatic rings. The molecule has 0 spiro atoms. The summed E-state index contributed by atoms with van der Waals surface area (Å²) in [7, 11) is 1.83. The van der Waals surface area contributed by atoms with Gasteiger partial charge in [-0.2, -0.15) is 0 Å². The highest BCUT2D eigenvalue weighted by molar-refractivity contribution is 5.89. The Kier molecular flexibility index (Phi) is 6.38. The molecule has 0 amide bonds. The molecule has 2 fully saturated rings. The van der Waals surface area contributed by atoms with E-state index in [1.165, 1.54) is 36.9 Å². The van der Waals surface area contributed by atoms with Crippen molar-refractivity contribution in [3.05, 3.63) is 51.1 Å². The zero-order valence-corrected chi connectivity index (χ0v) is 21.3. The highest BCUT2D eigenvalue weighted by Crippen LogP contribution is 2.38. The Hall–Kier alpha value is -2.44. The number of rotatable bonds is 4. The van der Waals surface area contributed by atoms with Gasteiger partial charge in [0.05, 0.1) is 16.7 Å². The van der Waals surface area contributed by atoms with Crippen LogP contribution in [0.1, 0.15) is 73.8 Å². The van der Waals surface area contributed by atoms with Gasteiger partial charge in [-0.15, -0.1) is 0 Å². The Balaban J connectivity index is 1.47. The number of likely N-dealkylation sites (tertiary alicyclic amines) is 1. The number of fused-ring (bicyclic) bond motifs is 1. The molecule has 5 heterocycles. The normalized spacial score (nSPS) is 18.9. The van der Waals surface area contributed by atoms with Crippen LogP contribution in [0.5, 0.6) is 0 Å². The number of nitrogens with zero attached hydrogens (tertiary/aromatic N) is 3. The number of aromatic nitrogens is 3. The molecule has 0 atom stereocenters. The highest BCUT2D eigenvalue weighted by Gasteiger charge is 2.28. The summed E-state index contributed by atoms with van der Waals surface area (Å²) >= 11 is 0. The van der Waals surface area contributed by atoms with Gasteiger partial charge in [-0.05, 0) is 76.2 Å². The first-order valence-electron chi connectivity index (χ1n) is 12.9. The van der Waals surface area contributed by atoms with Gasteiger partial charge >= 0.3 is 0 Å². The van der Waals surface area contributed by atoms with E-state index >= 15 is 0 Å². The van der Waals surface area contributed by atoms with Crippen molar-refractivity contribution < 1.29 is 4.74 Å². The molecule has 34 heavy (non-hydrogen) atoms. The summed E-state index contributed by atoms with van der Waals surface area (Å²) in [5.74, 6) is 0.833. The predicted molar refractivity (Wildman–Crippen MR) is 138 cm³/mol. The van der Waals surface area contributed by atoms with Gasteiger partial charge in [0, 0.05) is 60.8 Å². The largest absolute Gasteiger partial charge is 0.381 e. The molecule has 5 rings (SSSR count). The van der Waals surface area contributed by atoms with Gasteiger partial charge in [0.25, 0.3) is 5.56 Å². The van der Waals surface area contributed by atoms with Crippen LogP contribution >= 0.6 is 0 Å². The number of hydrogen-bond acceptors (Lipinski definition) is 4. The summed E-state index contributed by atoms with van der Waals surface area (Å²) in [6, 6.07) is 5.13. The topological polar surface area (TPSA) is 63.2 Å². The SMILES string of the molecule is Cc1c(-c2[nH]c3ccc(C4CCN(C5CCOCC5)CC4)nc3c2C(C)C)cn(C)c(=O)c1C. The molecular weight excluding hydrogens is 424 g/mol. The predicted octanol–water partition coefficient (Wildman–Crippen LogP) is 5.03. The number of hydrogen-bond donors (Lipinski definition) is 1. The molecule has 0 radical (unpaired) electrons. The smallest absolute Gasteiger partial charge is 0.253 e. The second kappa shape index (κ2) is 9.31. The van der Waals surface area contributed by atoms with E-state index < -0.39 is 0 Å². The van der Waals surface area contributed by atoms with E-state index in [9.17, 15) is 4.79 Å². The van der Waals surface area contributed by atoms with Crippen molar-refractivity contribution >= 4 is 11.0 Å². The van der Waals surface area contributed by atoms with Crippen LogP contribution in [0.4, 0.5) is 0 Å². The van der Waals surface area contributed by atoms with Gasteiger partial charge in [0.2, 0.25) is 0 Å². The minimum Gasteiger partial charge on any atom is -0.381 e. The van der Waals surface area contributed by atoms with Crippen molar-refractivity contribution in [1.29, 1.82) is 0 Å². The van der Waals surface area contributed by atoms with Gasteiger partial charge in [-0.1, -0.05) is 13.8 Å². The Bertz CT molecular complexity index is 1240. The summed E-state index contributed by atoms with van der Waals surface area (Å²) in [5, 5.41) is 0. The molecule has 0 unspecified atom stereocenters. The molecule has 0 saturated carbocycles.